The zero-order chi connectivity index (χ0) is 15.1. The van der Waals surface area contributed by atoms with Crippen LogP contribution in [0.3, 0.4) is 0 Å². The lowest BCUT2D eigenvalue weighted by Crippen LogP contribution is -2.37. The summed E-state index contributed by atoms with van der Waals surface area (Å²) >= 11 is 0. The summed E-state index contributed by atoms with van der Waals surface area (Å²) in [5, 5.41) is 10.4. The van der Waals surface area contributed by atoms with Crippen molar-refractivity contribution in [1.29, 1.82) is 0 Å². The molecule has 1 atom stereocenters. The van der Waals surface area contributed by atoms with Crippen molar-refractivity contribution < 1.29 is 5.11 Å². The Morgan fingerprint density at radius 2 is 1.85 bits per heavy atom. The molecule has 4 nitrogen and oxygen atoms in total. The van der Waals surface area contributed by atoms with Crippen LogP contribution in [0.4, 0.5) is 5.69 Å². The summed E-state index contributed by atoms with van der Waals surface area (Å²) in [6, 6.07) is 7.51. The monoisotopic (exact) mass is 279 g/mol. The molecule has 0 aliphatic rings. The molecule has 1 aromatic rings. The molecule has 0 fully saturated rings. The smallest absolute Gasteiger partial charge is 0.0917 e. The van der Waals surface area contributed by atoms with Crippen LogP contribution in [0.25, 0.3) is 0 Å². The maximum absolute atomic E-state index is 10.4. The zero-order valence-corrected chi connectivity index (χ0v) is 13.2. The predicted octanol–water partition coefficient (Wildman–Crippen LogP) is 1.82. The number of likely N-dealkylation sites (N-methyl/N-ethyl adjacent to an activating group) is 1. The minimum atomic E-state index is -0.487. The maximum Gasteiger partial charge on any atom is 0.0917 e. The van der Waals surface area contributed by atoms with Gasteiger partial charge in [0.15, 0.2) is 0 Å². The van der Waals surface area contributed by atoms with Gasteiger partial charge in [0.2, 0.25) is 0 Å². The fourth-order valence-corrected chi connectivity index (χ4v) is 2.23. The van der Waals surface area contributed by atoms with E-state index in [0.717, 1.165) is 25.2 Å². The van der Waals surface area contributed by atoms with Gasteiger partial charge in [-0.25, -0.2) is 0 Å². The van der Waals surface area contributed by atoms with Gasteiger partial charge in [-0.2, -0.15) is 0 Å². The van der Waals surface area contributed by atoms with E-state index in [9.17, 15) is 5.11 Å². The molecule has 4 heteroatoms. The second-order valence-corrected chi connectivity index (χ2v) is 6.14. The quantitative estimate of drug-likeness (QED) is 0.713. The summed E-state index contributed by atoms with van der Waals surface area (Å²) in [6.07, 6.45) is -0.487. The van der Waals surface area contributed by atoms with Crippen LogP contribution >= 0.6 is 0 Å². The number of hydrogen-bond acceptors (Lipinski definition) is 4. The first-order chi connectivity index (χ1) is 9.38. The van der Waals surface area contributed by atoms with Crippen molar-refractivity contribution in [2.45, 2.75) is 20.0 Å². The van der Waals surface area contributed by atoms with E-state index in [-0.39, 0.29) is 0 Å². The SMILES string of the molecule is CC(C)CN(CCN(C)C)CC(O)c1cccc(N)c1. The molecule has 0 aromatic heterocycles. The predicted molar refractivity (Wildman–Crippen MR) is 85.6 cm³/mol. The summed E-state index contributed by atoms with van der Waals surface area (Å²) in [6.45, 7) is 8.01. The number of benzene rings is 1. The minimum absolute atomic E-state index is 0.487. The Bertz CT molecular complexity index is 393. The largest absolute Gasteiger partial charge is 0.399 e. The molecule has 0 spiro atoms. The van der Waals surface area contributed by atoms with Gasteiger partial charge < -0.3 is 15.7 Å². The normalized spacial score (nSPS) is 13.4. The van der Waals surface area contributed by atoms with Crippen molar-refractivity contribution >= 4 is 5.69 Å². The fraction of sp³-hybridized carbons (Fsp3) is 0.625. The molecule has 0 radical (unpaired) electrons. The molecule has 0 saturated heterocycles. The van der Waals surface area contributed by atoms with Gasteiger partial charge >= 0.3 is 0 Å². The molecule has 1 rings (SSSR count). The van der Waals surface area contributed by atoms with E-state index in [1.54, 1.807) is 0 Å². The van der Waals surface area contributed by atoms with Gasteiger partial charge in [-0.3, -0.25) is 4.90 Å². The molecule has 20 heavy (non-hydrogen) atoms. The zero-order valence-electron chi connectivity index (χ0n) is 13.2. The highest BCUT2D eigenvalue weighted by Gasteiger charge is 2.15. The number of nitrogens with zero attached hydrogens (tertiary/aromatic N) is 2. The highest BCUT2D eigenvalue weighted by Crippen LogP contribution is 2.17. The van der Waals surface area contributed by atoms with Crippen molar-refractivity contribution in [2.24, 2.45) is 5.92 Å². The maximum atomic E-state index is 10.4. The van der Waals surface area contributed by atoms with E-state index in [1.165, 1.54) is 0 Å². The fourth-order valence-electron chi connectivity index (χ4n) is 2.23. The standard InChI is InChI=1S/C16H29N3O/c1-13(2)11-19(9-8-18(3)4)12-16(20)14-6-5-7-15(17)10-14/h5-7,10,13,16,20H,8-9,11-12,17H2,1-4H3. The molecule has 114 valence electrons. The van der Waals surface area contributed by atoms with Gasteiger partial charge in [0.25, 0.3) is 0 Å². The lowest BCUT2D eigenvalue weighted by Gasteiger charge is -2.28. The Balaban J connectivity index is 2.62. The average Bonchev–Trinajstić information content (AvgIpc) is 2.35. The Morgan fingerprint density at radius 3 is 2.40 bits per heavy atom. The van der Waals surface area contributed by atoms with E-state index < -0.39 is 6.10 Å². The first-order valence-corrected chi connectivity index (χ1v) is 7.29. The number of nitrogens with two attached hydrogens (primary N) is 1. The summed E-state index contributed by atoms with van der Waals surface area (Å²) in [7, 11) is 4.14. The van der Waals surface area contributed by atoms with E-state index in [2.05, 4.69) is 37.7 Å². The Morgan fingerprint density at radius 1 is 1.15 bits per heavy atom. The van der Waals surface area contributed by atoms with E-state index in [4.69, 9.17) is 5.73 Å². The Hall–Kier alpha value is -1.10. The summed E-state index contributed by atoms with van der Waals surface area (Å²) in [4.78, 5) is 4.48. The number of anilines is 1. The number of nitrogen functional groups attached to an aromatic ring is 1. The van der Waals surface area contributed by atoms with Crippen LogP contribution in [-0.4, -0.2) is 55.2 Å². The van der Waals surface area contributed by atoms with Gasteiger partial charge in [0.05, 0.1) is 6.10 Å². The third-order valence-corrected chi connectivity index (χ3v) is 3.21. The number of aliphatic hydroxyl groups is 1. The summed E-state index contributed by atoms with van der Waals surface area (Å²) < 4.78 is 0. The van der Waals surface area contributed by atoms with Crippen LogP contribution in [-0.2, 0) is 0 Å². The van der Waals surface area contributed by atoms with Crippen LogP contribution in [0.1, 0.15) is 25.5 Å². The van der Waals surface area contributed by atoms with Crippen molar-refractivity contribution in [3.05, 3.63) is 29.8 Å². The Kier molecular flexibility index (Phi) is 6.99. The van der Waals surface area contributed by atoms with Crippen molar-refractivity contribution in [2.75, 3.05) is 46.0 Å². The van der Waals surface area contributed by atoms with Gasteiger partial charge in [-0.1, -0.05) is 26.0 Å². The lowest BCUT2D eigenvalue weighted by atomic mass is 10.1. The first-order valence-electron chi connectivity index (χ1n) is 7.29. The van der Waals surface area contributed by atoms with Crippen LogP contribution in [0, 0.1) is 5.92 Å². The van der Waals surface area contributed by atoms with Gasteiger partial charge in [0.1, 0.15) is 0 Å². The highest BCUT2D eigenvalue weighted by molar-refractivity contribution is 5.41. The van der Waals surface area contributed by atoms with Crippen molar-refractivity contribution in [3.8, 4) is 0 Å². The van der Waals surface area contributed by atoms with Crippen LogP contribution in [0.5, 0.6) is 0 Å². The number of rotatable bonds is 8. The van der Waals surface area contributed by atoms with E-state index in [1.807, 2.05) is 24.3 Å². The minimum Gasteiger partial charge on any atom is -0.399 e. The van der Waals surface area contributed by atoms with E-state index in [0.29, 0.717) is 18.2 Å². The molecular weight excluding hydrogens is 250 g/mol. The Labute approximate surface area is 123 Å². The second-order valence-electron chi connectivity index (χ2n) is 6.14. The molecule has 0 aliphatic carbocycles. The number of hydrogen-bond donors (Lipinski definition) is 2. The molecular formula is C16H29N3O. The summed E-state index contributed by atoms with van der Waals surface area (Å²) in [5.41, 5.74) is 7.37. The second kappa shape index (κ2) is 8.25. The van der Waals surface area contributed by atoms with Gasteiger partial charge in [-0.05, 0) is 37.7 Å². The molecule has 0 saturated carbocycles. The van der Waals surface area contributed by atoms with Crippen LogP contribution in [0.2, 0.25) is 0 Å². The first kappa shape index (κ1) is 17.0. The topological polar surface area (TPSA) is 52.7 Å². The van der Waals surface area contributed by atoms with Crippen LogP contribution < -0.4 is 5.73 Å². The molecule has 0 heterocycles. The van der Waals surface area contributed by atoms with Gasteiger partial charge in [-0.15, -0.1) is 0 Å². The lowest BCUT2D eigenvalue weighted by molar-refractivity contribution is 0.101. The van der Waals surface area contributed by atoms with Crippen LogP contribution in [0.15, 0.2) is 24.3 Å². The highest BCUT2D eigenvalue weighted by atomic mass is 16.3. The number of aliphatic hydroxyl groups excluding tert-OH is 1. The molecule has 0 aliphatic heterocycles. The molecule has 1 aromatic carbocycles. The third-order valence-electron chi connectivity index (χ3n) is 3.21. The average molecular weight is 279 g/mol. The molecule has 1 unspecified atom stereocenters. The van der Waals surface area contributed by atoms with Crippen molar-refractivity contribution in [1.82, 2.24) is 9.80 Å². The molecule has 0 amide bonds. The molecule has 0 bridgehead atoms. The third kappa shape index (κ3) is 6.37. The van der Waals surface area contributed by atoms with E-state index >= 15 is 0 Å². The van der Waals surface area contributed by atoms with Gasteiger partial charge in [0, 0.05) is 31.9 Å². The summed E-state index contributed by atoms with van der Waals surface area (Å²) in [5.74, 6) is 0.588. The molecule has 3 N–H and O–H groups in total. The van der Waals surface area contributed by atoms with Crippen molar-refractivity contribution in [3.63, 3.8) is 0 Å².